The van der Waals surface area contributed by atoms with Crippen LogP contribution in [0.2, 0.25) is 0 Å². The van der Waals surface area contributed by atoms with E-state index in [0.717, 1.165) is 24.4 Å². The van der Waals surface area contributed by atoms with Crippen LogP contribution in [0.4, 0.5) is 5.88 Å². The molecule has 0 spiro atoms. The first-order chi connectivity index (χ1) is 6.10. The van der Waals surface area contributed by atoms with Crippen LogP contribution in [-0.2, 0) is 5.41 Å². The second-order valence-electron chi connectivity index (χ2n) is 3.96. The zero-order chi connectivity index (χ0) is 9.90. The van der Waals surface area contributed by atoms with Gasteiger partial charge in [-0.05, 0) is 6.42 Å². The van der Waals surface area contributed by atoms with E-state index in [1.807, 2.05) is 13.1 Å². The van der Waals surface area contributed by atoms with Crippen LogP contribution >= 0.6 is 0 Å². The number of hydrogen-bond acceptors (Lipinski definition) is 3. The first-order valence-electron chi connectivity index (χ1n) is 4.75. The minimum absolute atomic E-state index is 0.118. The molecule has 0 fully saturated rings. The highest BCUT2D eigenvalue weighted by Gasteiger charge is 2.23. The molecule has 0 saturated heterocycles. The highest BCUT2D eigenvalue weighted by Crippen LogP contribution is 2.28. The summed E-state index contributed by atoms with van der Waals surface area (Å²) in [4.78, 5) is 0. The van der Waals surface area contributed by atoms with Crippen molar-refractivity contribution in [1.82, 2.24) is 5.16 Å². The fourth-order valence-electron chi connectivity index (χ4n) is 1.47. The van der Waals surface area contributed by atoms with Crippen LogP contribution in [0, 0.1) is 0 Å². The van der Waals surface area contributed by atoms with Gasteiger partial charge in [-0.3, -0.25) is 0 Å². The second kappa shape index (κ2) is 3.81. The first kappa shape index (κ1) is 10.1. The summed E-state index contributed by atoms with van der Waals surface area (Å²) in [6.07, 6.45) is 2.29. The van der Waals surface area contributed by atoms with E-state index < -0.39 is 0 Å². The van der Waals surface area contributed by atoms with Crippen LogP contribution in [0.3, 0.4) is 0 Å². The Morgan fingerprint density at radius 3 is 2.69 bits per heavy atom. The van der Waals surface area contributed by atoms with Crippen molar-refractivity contribution in [3.63, 3.8) is 0 Å². The molecule has 1 aromatic rings. The van der Waals surface area contributed by atoms with Crippen molar-refractivity contribution in [2.45, 2.75) is 39.0 Å². The van der Waals surface area contributed by atoms with Gasteiger partial charge in [0.25, 0.3) is 0 Å². The van der Waals surface area contributed by atoms with Gasteiger partial charge in [0.2, 0.25) is 5.88 Å². The smallest absolute Gasteiger partial charge is 0.224 e. The second-order valence-corrected chi connectivity index (χ2v) is 3.96. The van der Waals surface area contributed by atoms with Gasteiger partial charge in [0.15, 0.2) is 0 Å². The van der Waals surface area contributed by atoms with Gasteiger partial charge in [-0.15, -0.1) is 0 Å². The Hall–Kier alpha value is -0.990. The molecular weight excluding hydrogens is 164 g/mol. The van der Waals surface area contributed by atoms with Crippen molar-refractivity contribution < 1.29 is 4.52 Å². The third-order valence-electron chi connectivity index (χ3n) is 2.32. The molecule has 1 aromatic heterocycles. The Labute approximate surface area is 79.5 Å². The molecular formula is C10H18N2O. The topological polar surface area (TPSA) is 38.1 Å². The van der Waals surface area contributed by atoms with E-state index in [-0.39, 0.29) is 5.41 Å². The van der Waals surface area contributed by atoms with E-state index in [1.165, 1.54) is 0 Å². The first-order valence-corrected chi connectivity index (χ1v) is 4.75. The predicted octanol–water partition coefficient (Wildman–Crippen LogP) is 2.79. The summed E-state index contributed by atoms with van der Waals surface area (Å²) in [5.41, 5.74) is 1.14. The summed E-state index contributed by atoms with van der Waals surface area (Å²) in [7, 11) is 1.83. The molecule has 1 rings (SSSR count). The normalized spacial score (nSPS) is 11.7. The monoisotopic (exact) mass is 182 g/mol. The zero-order valence-corrected chi connectivity index (χ0v) is 8.85. The molecule has 3 heteroatoms. The number of hydrogen-bond donors (Lipinski definition) is 1. The molecule has 0 aromatic carbocycles. The Kier molecular flexibility index (Phi) is 2.96. The summed E-state index contributed by atoms with van der Waals surface area (Å²) in [5, 5.41) is 6.97. The molecule has 0 atom stereocenters. The molecule has 0 aliphatic carbocycles. The van der Waals surface area contributed by atoms with Gasteiger partial charge in [0.05, 0.1) is 5.69 Å². The van der Waals surface area contributed by atoms with E-state index in [1.54, 1.807) is 0 Å². The maximum Gasteiger partial charge on any atom is 0.224 e. The quantitative estimate of drug-likeness (QED) is 0.778. The lowest BCUT2D eigenvalue weighted by Crippen LogP contribution is -2.16. The Morgan fingerprint density at radius 2 is 2.23 bits per heavy atom. The minimum atomic E-state index is 0.118. The molecule has 0 bridgehead atoms. The van der Waals surface area contributed by atoms with Gasteiger partial charge in [-0.2, -0.15) is 0 Å². The molecule has 0 radical (unpaired) electrons. The highest BCUT2D eigenvalue weighted by atomic mass is 16.5. The largest absolute Gasteiger partial charge is 0.357 e. The zero-order valence-electron chi connectivity index (χ0n) is 8.85. The number of aromatic nitrogens is 1. The van der Waals surface area contributed by atoms with E-state index in [9.17, 15) is 0 Å². The molecule has 1 heterocycles. The lowest BCUT2D eigenvalue weighted by Gasteiger charge is -2.19. The highest BCUT2D eigenvalue weighted by molar-refractivity contribution is 5.32. The molecule has 0 aliphatic rings. The van der Waals surface area contributed by atoms with E-state index in [4.69, 9.17) is 4.52 Å². The lowest BCUT2D eigenvalue weighted by atomic mass is 9.85. The van der Waals surface area contributed by atoms with Crippen molar-refractivity contribution in [2.75, 3.05) is 12.4 Å². The molecule has 0 saturated carbocycles. The van der Waals surface area contributed by atoms with Crippen LogP contribution < -0.4 is 5.32 Å². The van der Waals surface area contributed by atoms with Crippen molar-refractivity contribution >= 4 is 5.88 Å². The Balaban J connectivity index is 2.80. The van der Waals surface area contributed by atoms with Crippen molar-refractivity contribution in [3.8, 4) is 0 Å². The van der Waals surface area contributed by atoms with Gasteiger partial charge in [-0.1, -0.05) is 32.3 Å². The summed E-state index contributed by atoms with van der Waals surface area (Å²) in [5.74, 6) is 0.735. The minimum Gasteiger partial charge on any atom is -0.357 e. The van der Waals surface area contributed by atoms with Crippen molar-refractivity contribution in [2.24, 2.45) is 0 Å². The van der Waals surface area contributed by atoms with Crippen LogP contribution in [0.1, 0.15) is 39.3 Å². The van der Waals surface area contributed by atoms with Crippen molar-refractivity contribution in [3.05, 3.63) is 11.8 Å². The number of nitrogens with one attached hydrogen (secondary N) is 1. The van der Waals surface area contributed by atoms with Gasteiger partial charge in [0, 0.05) is 18.5 Å². The van der Waals surface area contributed by atoms with Gasteiger partial charge in [-0.25, -0.2) is 0 Å². The maximum absolute atomic E-state index is 5.09. The van der Waals surface area contributed by atoms with Crippen LogP contribution in [0.5, 0.6) is 0 Å². The van der Waals surface area contributed by atoms with E-state index in [0.29, 0.717) is 0 Å². The molecule has 0 unspecified atom stereocenters. The van der Waals surface area contributed by atoms with E-state index >= 15 is 0 Å². The lowest BCUT2D eigenvalue weighted by molar-refractivity contribution is 0.382. The average Bonchev–Trinajstić information content (AvgIpc) is 2.52. The number of anilines is 1. The van der Waals surface area contributed by atoms with Gasteiger partial charge < -0.3 is 9.84 Å². The molecule has 13 heavy (non-hydrogen) atoms. The molecule has 3 nitrogen and oxygen atoms in total. The average molecular weight is 182 g/mol. The van der Waals surface area contributed by atoms with Crippen molar-refractivity contribution in [1.29, 1.82) is 0 Å². The summed E-state index contributed by atoms with van der Waals surface area (Å²) < 4.78 is 5.09. The summed E-state index contributed by atoms with van der Waals surface area (Å²) in [6.45, 7) is 6.56. The maximum atomic E-state index is 5.09. The number of nitrogens with zero attached hydrogens (tertiary/aromatic N) is 1. The molecule has 1 N–H and O–H groups in total. The van der Waals surface area contributed by atoms with E-state index in [2.05, 4.69) is 31.2 Å². The summed E-state index contributed by atoms with van der Waals surface area (Å²) >= 11 is 0. The SMILES string of the molecule is CCCC(C)(C)c1cc(NC)on1. The van der Waals surface area contributed by atoms with Crippen LogP contribution in [-0.4, -0.2) is 12.2 Å². The number of rotatable bonds is 4. The third-order valence-corrected chi connectivity index (χ3v) is 2.32. The molecule has 0 aliphatic heterocycles. The third kappa shape index (κ3) is 2.23. The standard InChI is InChI=1S/C10H18N2O/c1-5-6-10(2,3)8-7-9(11-4)13-12-8/h7,11H,5-6H2,1-4H3. The fourth-order valence-corrected chi connectivity index (χ4v) is 1.47. The summed E-state index contributed by atoms with van der Waals surface area (Å²) in [6, 6.07) is 1.97. The Morgan fingerprint density at radius 1 is 1.54 bits per heavy atom. The van der Waals surface area contributed by atoms with Crippen LogP contribution in [0.25, 0.3) is 0 Å². The molecule has 74 valence electrons. The molecule has 0 amide bonds. The van der Waals surface area contributed by atoms with Gasteiger partial charge in [0.1, 0.15) is 0 Å². The Bertz CT molecular complexity index is 266. The van der Waals surface area contributed by atoms with Crippen LogP contribution in [0.15, 0.2) is 10.6 Å². The fraction of sp³-hybridized carbons (Fsp3) is 0.700. The predicted molar refractivity (Wildman–Crippen MR) is 54.0 cm³/mol. The van der Waals surface area contributed by atoms with Gasteiger partial charge >= 0.3 is 0 Å².